The number of hydrogen-bond acceptors (Lipinski definition) is 3. The van der Waals surface area contributed by atoms with Crippen molar-refractivity contribution >= 4 is 6.29 Å². The van der Waals surface area contributed by atoms with Crippen LogP contribution in [0.1, 0.15) is 29.2 Å². The maximum absolute atomic E-state index is 13.3. The SMILES string of the molecule is C=CCN(C[C@@H](C)O)[C@@](C=O)(Cc1cc(C(F)(F)F)cc(C(F)(F)F)c1)c1ccccc1. The van der Waals surface area contributed by atoms with Crippen LogP contribution in [0, 0.1) is 0 Å². The highest BCUT2D eigenvalue weighted by molar-refractivity contribution is 5.69. The third-order valence-corrected chi connectivity index (χ3v) is 4.99. The van der Waals surface area contributed by atoms with Gasteiger partial charge in [0.1, 0.15) is 11.8 Å². The third-order valence-electron chi connectivity index (χ3n) is 4.99. The smallest absolute Gasteiger partial charge is 0.392 e. The predicted molar refractivity (Wildman–Crippen MR) is 108 cm³/mol. The Balaban J connectivity index is 2.73. The summed E-state index contributed by atoms with van der Waals surface area (Å²) in [6, 6.07) is 9.28. The minimum Gasteiger partial charge on any atom is -0.392 e. The van der Waals surface area contributed by atoms with E-state index in [1.54, 1.807) is 30.3 Å². The molecule has 0 aliphatic rings. The molecule has 2 aromatic carbocycles. The third kappa shape index (κ3) is 5.98. The Morgan fingerprint density at radius 2 is 1.50 bits per heavy atom. The molecule has 0 spiro atoms. The van der Waals surface area contributed by atoms with E-state index in [9.17, 15) is 36.2 Å². The molecule has 1 N–H and O–H groups in total. The largest absolute Gasteiger partial charge is 0.416 e. The molecule has 0 saturated carbocycles. The van der Waals surface area contributed by atoms with Crippen LogP contribution in [0.25, 0.3) is 0 Å². The topological polar surface area (TPSA) is 40.5 Å². The van der Waals surface area contributed by atoms with E-state index in [0.717, 1.165) is 0 Å². The van der Waals surface area contributed by atoms with Gasteiger partial charge in [0, 0.05) is 19.5 Å². The van der Waals surface area contributed by atoms with Gasteiger partial charge in [-0.15, -0.1) is 6.58 Å². The molecular formula is C23H23F6NO2. The zero-order valence-corrected chi connectivity index (χ0v) is 17.2. The Morgan fingerprint density at radius 3 is 1.91 bits per heavy atom. The van der Waals surface area contributed by atoms with E-state index in [1.807, 2.05) is 0 Å². The highest BCUT2D eigenvalue weighted by Crippen LogP contribution is 2.39. The summed E-state index contributed by atoms with van der Waals surface area (Å²) >= 11 is 0. The van der Waals surface area contributed by atoms with Gasteiger partial charge in [-0.25, -0.2) is 0 Å². The summed E-state index contributed by atoms with van der Waals surface area (Å²) in [5.41, 5.74) is -4.51. The van der Waals surface area contributed by atoms with Gasteiger partial charge in [-0.1, -0.05) is 36.4 Å². The van der Waals surface area contributed by atoms with Gasteiger partial charge in [-0.05, 0) is 36.2 Å². The van der Waals surface area contributed by atoms with E-state index in [2.05, 4.69) is 6.58 Å². The molecule has 32 heavy (non-hydrogen) atoms. The van der Waals surface area contributed by atoms with Crippen molar-refractivity contribution in [2.75, 3.05) is 13.1 Å². The summed E-state index contributed by atoms with van der Waals surface area (Å²) < 4.78 is 80.0. The lowest BCUT2D eigenvalue weighted by Gasteiger charge is -2.41. The molecule has 0 radical (unpaired) electrons. The Labute approximate surface area is 182 Å². The molecular weight excluding hydrogens is 436 g/mol. The minimum atomic E-state index is -5.01. The van der Waals surface area contributed by atoms with Crippen molar-refractivity contribution in [3.05, 3.63) is 83.4 Å². The monoisotopic (exact) mass is 459 g/mol. The summed E-state index contributed by atoms with van der Waals surface area (Å²) in [5, 5.41) is 9.93. The van der Waals surface area contributed by atoms with E-state index in [1.165, 1.54) is 17.9 Å². The van der Waals surface area contributed by atoms with Gasteiger partial charge in [0.15, 0.2) is 0 Å². The van der Waals surface area contributed by atoms with Gasteiger partial charge in [0.2, 0.25) is 0 Å². The van der Waals surface area contributed by atoms with Gasteiger partial charge < -0.3 is 9.90 Å². The van der Waals surface area contributed by atoms with E-state index in [0.29, 0.717) is 24.0 Å². The normalized spacial score (nSPS) is 15.3. The predicted octanol–water partition coefficient (Wildman–Crippen LogP) is 5.23. The molecule has 2 rings (SSSR count). The van der Waals surface area contributed by atoms with Crippen LogP contribution in [-0.2, 0) is 29.1 Å². The summed E-state index contributed by atoms with van der Waals surface area (Å²) in [5.74, 6) is 0. The standard InChI is InChI=1S/C23H23F6NO2/c1-3-9-30(14-16(2)32)21(15-31,18-7-5-4-6-8-18)13-17-10-19(22(24,25)26)12-20(11-17)23(27,28)29/h3-8,10-12,15-16,32H,1,9,13-14H2,2H3/t16-,21-/m1/s1. The van der Waals surface area contributed by atoms with Crippen molar-refractivity contribution in [2.24, 2.45) is 0 Å². The van der Waals surface area contributed by atoms with E-state index in [4.69, 9.17) is 0 Å². The molecule has 174 valence electrons. The Bertz CT molecular complexity index is 892. The molecule has 0 amide bonds. The van der Waals surface area contributed by atoms with Crippen LogP contribution >= 0.6 is 0 Å². The number of carbonyl (C=O) groups excluding carboxylic acids is 1. The molecule has 3 nitrogen and oxygen atoms in total. The molecule has 2 aromatic rings. The lowest BCUT2D eigenvalue weighted by molar-refractivity contribution is -0.143. The van der Waals surface area contributed by atoms with Crippen LogP contribution in [-0.4, -0.2) is 35.5 Å². The molecule has 0 heterocycles. The Hall–Kier alpha value is -2.65. The molecule has 0 fully saturated rings. The maximum Gasteiger partial charge on any atom is 0.416 e. The second kappa shape index (κ2) is 9.87. The molecule has 0 aliphatic heterocycles. The van der Waals surface area contributed by atoms with Crippen molar-refractivity contribution in [1.29, 1.82) is 0 Å². The first-order valence-electron chi connectivity index (χ1n) is 9.67. The van der Waals surface area contributed by atoms with Gasteiger partial charge in [0.05, 0.1) is 17.2 Å². The lowest BCUT2D eigenvalue weighted by atomic mass is 9.82. The van der Waals surface area contributed by atoms with Gasteiger partial charge >= 0.3 is 12.4 Å². The van der Waals surface area contributed by atoms with E-state index >= 15 is 0 Å². The van der Waals surface area contributed by atoms with Crippen LogP contribution in [0.15, 0.2) is 61.2 Å². The number of carbonyl (C=O) groups is 1. The first-order chi connectivity index (χ1) is 14.8. The number of rotatable bonds is 9. The van der Waals surface area contributed by atoms with Crippen molar-refractivity contribution in [2.45, 2.75) is 37.3 Å². The minimum absolute atomic E-state index is 0.0475. The number of benzene rings is 2. The summed E-state index contributed by atoms with van der Waals surface area (Å²) in [7, 11) is 0. The fourth-order valence-electron chi connectivity index (χ4n) is 3.62. The second-order valence-electron chi connectivity index (χ2n) is 7.54. The number of aliphatic hydroxyl groups excluding tert-OH is 1. The quantitative estimate of drug-likeness (QED) is 0.317. The number of hydrogen-bond donors (Lipinski definition) is 1. The van der Waals surface area contributed by atoms with Crippen molar-refractivity contribution < 1.29 is 36.2 Å². The van der Waals surface area contributed by atoms with Gasteiger partial charge in [0.25, 0.3) is 0 Å². The average Bonchev–Trinajstić information content (AvgIpc) is 2.70. The zero-order valence-electron chi connectivity index (χ0n) is 17.2. The van der Waals surface area contributed by atoms with Crippen LogP contribution in [0.3, 0.4) is 0 Å². The summed E-state index contributed by atoms with van der Waals surface area (Å²) in [6.07, 6.45) is -9.49. The van der Waals surface area contributed by atoms with Crippen LogP contribution in [0.5, 0.6) is 0 Å². The molecule has 9 heteroatoms. The molecule has 0 unspecified atom stereocenters. The van der Waals surface area contributed by atoms with Crippen molar-refractivity contribution in [3.8, 4) is 0 Å². The molecule has 0 aromatic heterocycles. The molecule has 2 atom stereocenters. The van der Waals surface area contributed by atoms with Crippen molar-refractivity contribution in [1.82, 2.24) is 4.90 Å². The average molecular weight is 459 g/mol. The highest BCUT2D eigenvalue weighted by Gasteiger charge is 2.41. The van der Waals surface area contributed by atoms with Crippen molar-refractivity contribution in [3.63, 3.8) is 0 Å². The van der Waals surface area contributed by atoms with Crippen LogP contribution in [0.4, 0.5) is 26.3 Å². The first kappa shape index (κ1) is 25.6. The number of aldehydes is 1. The molecule has 0 bridgehead atoms. The van der Waals surface area contributed by atoms with Crippen LogP contribution in [0.2, 0.25) is 0 Å². The highest BCUT2D eigenvalue weighted by atomic mass is 19.4. The zero-order chi connectivity index (χ0) is 24.2. The number of aliphatic hydroxyl groups is 1. The fraction of sp³-hybridized carbons (Fsp3) is 0.348. The summed E-state index contributed by atoms with van der Waals surface area (Å²) in [4.78, 5) is 14.0. The lowest BCUT2D eigenvalue weighted by Crippen LogP contribution is -2.51. The Kier molecular flexibility index (Phi) is 7.90. The van der Waals surface area contributed by atoms with Crippen LogP contribution < -0.4 is 0 Å². The van der Waals surface area contributed by atoms with E-state index < -0.39 is 41.5 Å². The number of halogens is 6. The molecule has 0 aliphatic carbocycles. The first-order valence-corrected chi connectivity index (χ1v) is 9.67. The van der Waals surface area contributed by atoms with Gasteiger partial charge in [-0.2, -0.15) is 26.3 Å². The maximum atomic E-state index is 13.3. The van der Waals surface area contributed by atoms with E-state index in [-0.39, 0.29) is 24.7 Å². The number of alkyl halides is 6. The second-order valence-corrected chi connectivity index (χ2v) is 7.54. The van der Waals surface area contributed by atoms with Gasteiger partial charge in [-0.3, -0.25) is 4.90 Å². The number of nitrogens with zero attached hydrogens (tertiary/aromatic N) is 1. The molecule has 0 saturated heterocycles. The fourth-order valence-corrected chi connectivity index (χ4v) is 3.62. The Morgan fingerprint density at radius 1 is 0.969 bits per heavy atom. The summed E-state index contributed by atoms with van der Waals surface area (Å²) in [6.45, 7) is 5.07.